The van der Waals surface area contributed by atoms with Gasteiger partial charge in [-0.3, -0.25) is 9.78 Å². The van der Waals surface area contributed by atoms with E-state index < -0.39 is 5.82 Å². The molecule has 106 valence electrons. The Kier molecular flexibility index (Phi) is 5.60. The van der Waals surface area contributed by atoms with Gasteiger partial charge in [-0.05, 0) is 36.8 Å². The van der Waals surface area contributed by atoms with Crippen molar-refractivity contribution in [2.24, 2.45) is 17.1 Å². The predicted octanol–water partition coefficient (Wildman–Crippen LogP) is 3.19. The summed E-state index contributed by atoms with van der Waals surface area (Å²) in [7, 11) is 0. The lowest BCUT2D eigenvalue weighted by Crippen LogP contribution is -2.24. The van der Waals surface area contributed by atoms with Crippen LogP contribution in [0.3, 0.4) is 0 Å². The van der Waals surface area contributed by atoms with Gasteiger partial charge >= 0.3 is 0 Å². The average molecular weight is 266 g/mol. The summed E-state index contributed by atoms with van der Waals surface area (Å²) in [6, 6.07) is 1.44. The monoisotopic (exact) mass is 266 g/mol. The molecule has 19 heavy (non-hydrogen) atoms. The molecule has 0 aliphatic carbocycles. The standard InChI is InChI=1S/C15H23FN2O/c1-15(2,3)11(6-8-17)4-5-14(19)12-7-9-18-10-13(12)16/h7,9-11H,4-6,8,17H2,1-3H3. The Morgan fingerprint density at radius 1 is 1.42 bits per heavy atom. The van der Waals surface area contributed by atoms with E-state index >= 15 is 0 Å². The summed E-state index contributed by atoms with van der Waals surface area (Å²) >= 11 is 0. The van der Waals surface area contributed by atoms with Gasteiger partial charge in [0.2, 0.25) is 0 Å². The zero-order valence-corrected chi connectivity index (χ0v) is 11.9. The molecular weight excluding hydrogens is 243 g/mol. The third-order valence-electron chi connectivity index (χ3n) is 3.53. The molecule has 1 rings (SSSR count). The van der Waals surface area contributed by atoms with Crippen LogP contribution in [-0.4, -0.2) is 17.3 Å². The first kappa shape index (κ1) is 15.8. The summed E-state index contributed by atoms with van der Waals surface area (Å²) in [6.07, 6.45) is 4.49. The maximum absolute atomic E-state index is 13.4. The number of rotatable bonds is 6. The predicted molar refractivity (Wildman–Crippen MR) is 74.4 cm³/mol. The molecular formula is C15H23FN2O. The second-order valence-electron chi connectivity index (χ2n) is 5.96. The molecule has 1 aromatic rings. The molecule has 1 aromatic heterocycles. The van der Waals surface area contributed by atoms with Gasteiger partial charge in [0.05, 0.1) is 11.8 Å². The molecule has 0 saturated carbocycles. The van der Waals surface area contributed by atoms with Gasteiger partial charge in [-0.15, -0.1) is 0 Å². The second kappa shape index (κ2) is 6.75. The van der Waals surface area contributed by atoms with Crippen molar-refractivity contribution in [3.8, 4) is 0 Å². The molecule has 1 atom stereocenters. The molecule has 0 spiro atoms. The number of carbonyl (C=O) groups excluding carboxylic acids is 1. The van der Waals surface area contributed by atoms with Crippen LogP contribution in [0.25, 0.3) is 0 Å². The first-order chi connectivity index (χ1) is 8.86. The second-order valence-corrected chi connectivity index (χ2v) is 5.96. The Morgan fingerprint density at radius 2 is 2.11 bits per heavy atom. The van der Waals surface area contributed by atoms with Crippen molar-refractivity contribution in [1.29, 1.82) is 0 Å². The van der Waals surface area contributed by atoms with Crippen LogP contribution in [0.1, 0.15) is 50.4 Å². The van der Waals surface area contributed by atoms with Gasteiger partial charge in [-0.1, -0.05) is 20.8 Å². The van der Waals surface area contributed by atoms with E-state index in [9.17, 15) is 9.18 Å². The highest BCUT2D eigenvalue weighted by Gasteiger charge is 2.25. The lowest BCUT2D eigenvalue weighted by molar-refractivity contribution is 0.0953. The van der Waals surface area contributed by atoms with Crippen molar-refractivity contribution in [2.75, 3.05) is 6.54 Å². The van der Waals surface area contributed by atoms with Crippen LogP contribution in [-0.2, 0) is 0 Å². The Hall–Kier alpha value is -1.29. The molecule has 0 amide bonds. The summed E-state index contributed by atoms with van der Waals surface area (Å²) in [4.78, 5) is 15.6. The van der Waals surface area contributed by atoms with Gasteiger partial charge in [0, 0.05) is 12.6 Å². The van der Waals surface area contributed by atoms with Crippen LogP contribution in [0.5, 0.6) is 0 Å². The van der Waals surface area contributed by atoms with Crippen molar-refractivity contribution in [3.05, 3.63) is 29.8 Å². The third kappa shape index (κ3) is 4.71. The van der Waals surface area contributed by atoms with E-state index in [1.807, 2.05) is 0 Å². The van der Waals surface area contributed by atoms with E-state index in [4.69, 9.17) is 5.73 Å². The molecule has 0 saturated heterocycles. The molecule has 0 bridgehead atoms. The SMILES string of the molecule is CC(C)(C)C(CCN)CCC(=O)c1ccncc1F. The summed E-state index contributed by atoms with van der Waals surface area (Å²) in [6.45, 7) is 7.04. The number of ketones is 1. The molecule has 2 N–H and O–H groups in total. The summed E-state index contributed by atoms with van der Waals surface area (Å²) in [5.74, 6) is -0.337. The van der Waals surface area contributed by atoms with Gasteiger partial charge < -0.3 is 5.73 Å². The minimum absolute atomic E-state index is 0.108. The van der Waals surface area contributed by atoms with Crippen molar-refractivity contribution >= 4 is 5.78 Å². The molecule has 0 aromatic carbocycles. The fourth-order valence-corrected chi connectivity index (χ4v) is 2.25. The molecule has 0 aliphatic heterocycles. The fraction of sp³-hybridized carbons (Fsp3) is 0.600. The maximum Gasteiger partial charge on any atom is 0.165 e. The third-order valence-corrected chi connectivity index (χ3v) is 3.53. The van der Waals surface area contributed by atoms with Crippen molar-refractivity contribution in [3.63, 3.8) is 0 Å². The zero-order valence-electron chi connectivity index (χ0n) is 11.9. The Labute approximate surface area is 114 Å². The van der Waals surface area contributed by atoms with E-state index in [1.54, 1.807) is 0 Å². The van der Waals surface area contributed by atoms with Gasteiger partial charge in [0.1, 0.15) is 0 Å². The average Bonchev–Trinajstić information content (AvgIpc) is 2.33. The quantitative estimate of drug-likeness (QED) is 0.804. The molecule has 1 unspecified atom stereocenters. The van der Waals surface area contributed by atoms with Crippen molar-refractivity contribution in [1.82, 2.24) is 4.98 Å². The highest BCUT2D eigenvalue weighted by Crippen LogP contribution is 2.32. The van der Waals surface area contributed by atoms with Crippen LogP contribution in [0, 0.1) is 17.2 Å². The number of pyridine rings is 1. The molecule has 3 nitrogen and oxygen atoms in total. The Balaban J connectivity index is 2.65. The van der Waals surface area contributed by atoms with E-state index in [2.05, 4.69) is 25.8 Å². The summed E-state index contributed by atoms with van der Waals surface area (Å²) < 4.78 is 13.4. The molecule has 0 radical (unpaired) electrons. The number of hydrogen-bond donors (Lipinski definition) is 1. The zero-order chi connectivity index (χ0) is 14.5. The van der Waals surface area contributed by atoms with E-state index in [0.717, 1.165) is 19.0 Å². The van der Waals surface area contributed by atoms with E-state index in [1.165, 1.54) is 12.3 Å². The lowest BCUT2D eigenvalue weighted by atomic mass is 9.76. The first-order valence-corrected chi connectivity index (χ1v) is 6.69. The van der Waals surface area contributed by atoms with Crippen LogP contribution in [0.4, 0.5) is 4.39 Å². The number of hydrogen-bond acceptors (Lipinski definition) is 3. The van der Waals surface area contributed by atoms with Gasteiger partial charge in [-0.25, -0.2) is 4.39 Å². The number of halogens is 1. The summed E-state index contributed by atoms with van der Waals surface area (Å²) in [5, 5.41) is 0. The smallest absolute Gasteiger partial charge is 0.165 e. The van der Waals surface area contributed by atoms with Crippen molar-refractivity contribution in [2.45, 2.75) is 40.0 Å². The van der Waals surface area contributed by atoms with Gasteiger partial charge in [-0.2, -0.15) is 0 Å². The van der Waals surface area contributed by atoms with Crippen LogP contribution in [0.2, 0.25) is 0 Å². The lowest BCUT2D eigenvalue weighted by Gasteiger charge is -2.30. The van der Waals surface area contributed by atoms with Crippen LogP contribution in [0.15, 0.2) is 18.5 Å². The topological polar surface area (TPSA) is 56.0 Å². The normalized spacial score (nSPS) is 13.3. The molecule has 1 heterocycles. The largest absolute Gasteiger partial charge is 0.330 e. The van der Waals surface area contributed by atoms with E-state index in [-0.39, 0.29) is 16.8 Å². The minimum atomic E-state index is -0.543. The molecule has 0 fully saturated rings. The highest BCUT2D eigenvalue weighted by molar-refractivity contribution is 5.96. The highest BCUT2D eigenvalue weighted by atomic mass is 19.1. The number of carbonyl (C=O) groups is 1. The van der Waals surface area contributed by atoms with Gasteiger partial charge in [0.25, 0.3) is 0 Å². The van der Waals surface area contributed by atoms with Crippen LogP contribution >= 0.6 is 0 Å². The molecule has 4 heteroatoms. The number of nitrogens with zero attached hydrogens (tertiary/aromatic N) is 1. The number of aromatic nitrogens is 1. The van der Waals surface area contributed by atoms with Crippen LogP contribution < -0.4 is 5.73 Å². The Bertz CT molecular complexity index is 426. The number of nitrogens with two attached hydrogens (primary N) is 1. The summed E-state index contributed by atoms with van der Waals surface area (Å²) in [5.41, 5.74) is 5.86. The number of Topliss-reactive ketones (excluding diaryl/α,β-unsaturated/α-hetero) is 1. The Morgan fingerprint density at radius 3 is 2.63 bits per heavy atom. The van der Waals surface area contributed by atoms with Crippen molar-refractivity contribution < 1.29 is 9.18 Å². The van der Waals surface area contributed by atoms with E-state index in [0.29, 0.717) is 18.9 Å². The molecule has 0 aliphatic rings. The minimum Gasteiger partial charge on any atom is -0.330 e. The fourth-order valence-electron chi connectivity index (χ4n) is 2.25. The first-order valence-electron chi connectivity index (χ1n) is 6.69. The van der Waals surface area contributed by atoms with Gasteiger partial charge in [0.15, 0.2) is 11.6 Å². The maximum atomic E-state index is 13.4.